The zero-order valence-corrected chi connectivity index (χ0v) is 16.1. The van der Waals surface area contributed by atoms with Gasteiger partial charge in [-0.3, -0.25) is 0 Å². The fourth-order valence-corrected chi connectivity index (χ4v) is 5.04. The highest BCUT2D eigenvalue weighted by atomic mass is 32.2. The summed E-state index contributed by atoms with van der Waals surface area (Å²) in [6.45, 7) is 4.50. The molecule has 0 radical (unpaired) electrons. The average Bonchev–Trinajstić information content (AvgIpc) is 3.01. The molecule has 140 valence electrons. The first kappa shape index (κ1) is 17.9. The molecule has 2 aromatic carbocycles. The Labute approximate surface area is 158 Å². The second-order valence-electron chi connectivity index (χ2n) is 7.00. The van der Waals surface area contributed by atoms with Crippen LogP contribution in [0, 0.1) is 13.8 Å². The van der Waals surface area contributed by atoms with Gasteiger partial charge in [-0.1, -0.05) is 53.2 Å². The Bertz CT molecular complexity index is 1060. The van der Waals surface area contributed by atoms with E-state index in [9.17, 15) is 8.42 Å². The van der Waals surface area contributed by atoms with E-state index in [0.717, 1.165) is 16.7 Å². The van der Waals surface area contributed by atoms with Crippen LogP contribution in [-0.2, 0) is 16.4 Å². The van der Waals surface area contributed by atoms with Crippen molar-refractivity contribution in [3.05, 3.63) is 76.9 Å². The molecule has 1 aliphatic rings. The summed E-state index contributed by atoms with van der Waals surface area (Å²) in [4.78, 5) is 4.81. The molecular formula is C20H21N3O3S. The number of sulfonamides is 1. The lowest BCUT2D eigenvalue weighted by molar-refractivity contribution is 0.216. The van der Waals surface area contributed by atoms with Gasteiger partial charge in [0.15, 0.2) is 5.82 Å². The lowest BCUT2D eigenvalue weighted by Gasteiger charge is -2.36. The number of rotatable bonds is 5. The van der Waals surface area contributed by atoms with E-state index in [1.165, 1.54) is 4.31 Å². The SMILES string of the molecule is Cc1ccc(S(=O)(=O)N2CC(c3nc(Cc4ccccc4)no3)C2)c(C)c1. The molecule has 0 N–H and O–H groups in total. The summed E-state index contributed by atoms with van der Waals surface area (Å²) in [5.74, 6) is 1.07. The number of hydrogen-bond donors (Lipinski definition) is 0. The van der Waals surface area contributed by atoms with E-state index in [1.807, 2.05) is 56.3 Å². The normalized spacial score (nSPS) is 15.6. The minimum absolute atomic E-state index is 0.0532. The molecule has 27 heavy (non-hydrogen) atoms. The van der Waals surface area contributed by atoms with Gasteiger partial charge in [-0.25, -0.2) is 8.42 Å². The van der Waals surface area contributed by atoms with Crippen LogP contribution in [0.5, 0.6) is 0 Å². The number of aryl methyl sites for hydroxylation is 2. The third-order valence-electron chi connectivity index (χ3n) is 4.83. The molecule has 1 fully saturated rings. The van der Waals surface area contributed by atoms with Crippen LogP contribution in [0.3, 0.4) is 0 Å². The molecule has 1 aliphatic heterocycles. The molecular weight excluding hydrogens is 362 g/mol. The van der Waals surface area contributed by atoms with Gasteiger partial charge in [0.25, 0.3) is 0 Å². The second-order valence-corrected chi connectivity index (χ2v) is 8.91. The van der Waals surface area contributed by atoms with Crippen molar-refractivity contribution in [2.75, 3.05) is 13.1 Å². The highest BCUT2D eigenvalue weighted by Gasteiger charge is 2.40. The third kappa shape index (κ3) is 3.52. The van der Waals surface area contributed by atoms with Crippen LogP contribution in [0.2, 0.25) is 0 Å². The zero-order valence-electron chi connectivity index (χ0n) is 15.3. The van der Waals surface area contributed by atoms with Crippen LogP contribution in [0.4, 0.5) is 0 Å². The van der Waals surface area contributed by atoms with E-state index < -0.39 is 10.0 Å². The van der Waals surface area contributed by atoms with Gasteiger partial charge in [0.2, 0.25) is 15.9 Å². The summed E-state index contributed by atoms with van der Waals surface area (Å²) in [6, 6.07) is 15.3. The van der Waals surface area contributed by atoms with E-state index in [-0.39, 0.29) is 5.92 Å². The van der Waals surface area contributed by atoms with Crippen LogP contribution in [0.1, 0.15) is 34.3 Å². The van der Waals surface area contributed by atoms with Crippen LogP contribution in [-0.4, -0.2) is 36.0 Å². The van der Waals surface area contributed by atoms with E-state index in [2.05, 4.69) is 10.1 Å². The molecule has 0 spiro atoms. The summed E-state index contributed by atoms with van der Waals surface area (Å²) in [5, 5.41) is 4.03. The molecule has 3 aromatic rings. The molecule has 7 heteroatoms. The van der Waals surface area contributed by atoms with E-state index in [0.29, 0.717) is 36.1 Å². The molecule has 4 rings (SSSR count). The largest absolute Gasteiger partial charge is 0.339 e. The highest BCUT2D eigenvalue weighted by molar-refractivity contribution is 7.89. The maximum absolute atomic E-state index is 12.8. The van der Waals surface area contributed by atoms with Crippen LogP contribution in [0.15, 0.2) is 57.9 Å². The van der Waals surface area contributed by atoms with Gasteiger partial charge in [0.05, 0.1) is 10.8 Å². The maximum atomic E-state index is 12.8. The smallest absolute Gasteiger partial charge is 0.243 e. The van der Waals surface area contributed by atoms with Crippen LogP contribution < -0.4 is 0 Å². The van der Waals surface area contributed by atoms with E-state index >= 15 is 0 Å². The molecule has 6 nitrogen and oxygen atoms in total. The average molecular weight is 383 g/mol. The molecule has 0 unspecified atom stereocenters. The summed E-state index contributed by atoms with van der Waals surface area (Å²) in [6.07, 6.45) is 0.599. The molecule has 0 aliphatic carbocycles. The fourth-order valence-electron chi connectivity index (χ4n) is 3.30. The minimum atomic E-state index is -3.49. The molecule has 0 amide bonds. The molecule has 2 heterocycles. The first-order valence-electron chi connectivity index (χ1n) is 8.87. The molecule has 1 aromatic heterocycles. The van der Waals surface area contributed by atoms with Crippen molar-refractivity contribution < 1.29 is 12.9 Å². The summed E-state index contributed by atoms with van der Waals surface area (Å²) < 4.78 is 32.5. The number of hydrogen-bond acceptors (Lipinski definition) is 5. The van der Waals surface area contributed by atoms with Gasteiger partial charge < -0.3 is 4.52 Å². The summed E-state index contributed by atoms with van der Waals surface area (Å²) >= 11 is 0. The Balaban J connectivity index is 1.43. The quantitative estimate of drug-likeness (QED) is 0.677. The van der Waals surface area contributed by atoms with Crippen molar-refractivity contribution in [3.8, 4) is 0 Å². The minimum Gasteiger partial charge on any atom is -0.339 e. The Morgan fingerprint density at radius 3 is 2.56 bits per heavy atom. The highest BCUT2D eigenvalue weighted by Crippen LogP contribution is 2.32. The topological polar surface area (TPSA) is 76.3 Å². The predicted molar refractivity (Wildman–Crippen MR) is 101 cm³/mol. The number of benzene rings is 2. The second kappa shape index (κ2) is 6.90. The number of nitrogens with zero attached hydrogens (tertiary/aromatic N) is 3. The molecule has 0 saturated carbocycles. The predicted octanol–water partition coefficient (Wildman–Crippen LogP) is 3.07. The zero-order chi connectivity index (χ0) is 19.0. The number of aromatic nitrogens is 2. The molecule has 0 atom stereocenters. The van der Waals surface area contributed by atoms with Crippen LogP contribution >= 0.6 is 0 Å². The van der Waals surface area contributed by atoms with Gasteiger partial charge in [-0.2, -0.15) is 9.29 Å². The lowest BCUT2D eigenvalue weighted by Crippen LogP contribution is -2.48. The Morgan fingerprint density at radius 1 is 1.11 bits per heavy atom. The van der Waals surface area contributed by atoms with Gasteiger partial charge >= 0.3 is 0 Å². The summed E-state index contributed by atoms with van der Waals surface area (Å²) in [5.41, 5.74) is 2.92. The van der Waals surface area contributed by atoms with Gasteiger partial charge in [0, 0.05) is 19.5 Å². The van der Waals surface area contributed by atoms with E-state index in [1.54, 1.807) is 6.07 Å². The van der Waals surface area contributed by atoms with E-state index in [4.69, 9.17) is 4.52 Å². The standard InChI is InChI=1S/C20H21N3O3S/c1-14-8-9-18(15(2)10-14)27(24,25)23-12-17(13-23)20-21-19(22-26-20)11-16-6-4-3-5-7-16/h3-10,17H,11-13H2,1-2H3. The fraction of sp³-hybridized carbons (Fsp3) is 0.300. The monoisotopic (exact) mass is 383 g/mol. The first-order chi connectivity index (χ1) is 12.9. The Kier molecular flexibility index (Phi) is 4.57. The molecule has 0 bridgehead atoms. The summed E-state index contributed by atoms with van der Waals surface area (Å²) in [7, 11) is -3.49. The Morgan fingerprint density at radius 2 is 1.85 bits per heavy atom. The molecule has 1 saturated heterocycles. The first-order valence-corrected chi connectivity index (χ1v) is 10.3. The third-order valence-corrected chi connectivity index (χ3v) is 6.83. The van der Waals surface area contributed by atoms with Crippen molar-refractivity contribution in [1.29, 1.82) is 0 Å². The van der Waals surface area contributed by atoms with Crippen molar-refractivity contribution in [1.82, 2.24) is 14.4 Å². The van der Waals surface area contributed by atoms with Gasteiger partial charge in [-0.05, 0) is 31.0 Å². The van der Waals surface area contributed by atoms with Crippen molar-refractivity contribution in [3.63, 3.8) is 0 Å². The van der Waals surface area contributed by atoms with Crippen LogP contribution in [0.25, 0.3) is 0 Å². The maximum Gasteiger partial charge on any atom is 0.243 e. The van der Waals surface area contributed by atoms with Crippen molar-refractivity contribution in [2.24, 2.45) is 0 Å². The Hall–Kier alpha value is -2.51. The lowest BCUT2D eigenvalue weighted by atomic mass is 10.0. The van der Waals surface area contributed by atoms with Crippen molar-refractivity contribution >= 4 is 10.0 Å². The van der Waals surface area contributed by atoms with Crippen molar-refractivity contribution in [2.45, 2.75) is 31.1 Å². The van der Waals surface area contributed by atoms with Gasteiger partial charge in [0.1, 0.15) is 0 Å². The van der Waals surface area contributed by atoms with Gasteiger partial charge in [-0.15, -0.1) is 0 Å².